The van der Waals surface area contributed by atoms with Crippen LogP contribution in [0.5, 0.6) is 17.2 Å². The van der Waals surface area contributed by atoms with Crippen LogP contribution in [0.15, 0.2) is 30.3 Å². The maximum absolute atomic E-state index is 11.8. The van der Waals surface area contributed by atoms with E-state index in [1.165, 1.54) is 12.1 Å². The van der Waals surface area contributed by atoms with Crippen LogP contribution in [-0.2, 0) is 4.79 Å². The molecule has 2 N–H and O–H groups in total. The molecule has 1 heterocycles. The number of nitrogens with zero attached hydrogens (tertiary/aromatic N) is 1. The van der Waals surface area contributed by atoms with E-state index < -0.39 is 11.9 Å². The molecule has 0 aliphatic carbocycles. The van der Waals surface area contributed by atoms with Crippen LogP contribution in [0, 0.1) is 0 Å². The Morgan fingerprint density at radius 1 is 1.22 bits per heavy atom. The van der Waals surface area contributed by atoms with Crippen LogP contribution in [0.4, 0.5) is 10.5 Å². The van der Waals surface area contributed by atoms with Gasteiger partial charge in [0, 0.05) is 5.56 Å². The molecule has 2 aromatic rings. The first-order chi connectivity index (χ1) is 12.8. The van der Waals surface area contributed by atoms with Gasteiger partial charge in [0.1, 0.15) is 11.5 Å². The summed E-state index contributed by atoms with van der Waals surface area (Å²) in [7, 11) is 0. The number of nitrogens with one attached hydrogen (secondary N) is 1. The number of anilines is 1. The number of imide groups is 1. The van der Waals surface area contributed by atoms with Gasteiger partial charge in [0.05, 0.1) is 22.3 Å². The summed E-state index contributed by atoms with van der Waals surface area (Å²) in [5.41, 5.74) is 1.03. The molecular weight excluding hydrogens is 391 g/mol. The highest BCUT2D eigenvalue weighted by molar-refractivity contribution is 6.38. The summed E-state index contributed by atoms with van der Waals surface area (Å²) < 4.78 is 5.82. The van der Waals surface area contributed by atoms with E-state index in [9.17, 15) is 14.7 Å². The molecule has 1 aliphatic rings. The highest BCUT2D eigenvalue weighted by Gasteiger charge is 2.31. The lowest BCUT2D eigenvalue weighted by atomic mass is 9.97. The highest BCUT2D eigenvalue weighted by Crippen LogP contribution is 2.41. The van der Waals surface area contributed by atoms with Crippen molar-refractivity contribution < 1.29 is 19.4 Å². The summed E-state index contributed by atoms with van der Waals surface area (Å²) in [4.78, 5) is 24.6. The van der Waals surface area contributed by atoms with Crippen LogP contribution in [0.3, 0.4) is 0 Å². The number of carbonyl (C=O) groups excluding carboxylic acids is 2. The van der Waals surface area contributed by atoms with Crippen LogP contribution in [0.25, 0.3) is 0 Å². The first-order valence-corrected chi connectivity index (χ1v) is 9.18. The molecule has 142 valence electrons. The van der Waals surface area contributed by atoms with Crippen LogP contribution in [0.2, 0.25) is 10.0 Å². The highest BCUT2D eigenvalue weighted by atomic mass is 35.5. The van der Waals surface area contributed by atoms with Crippen molar-refractivity contribution >= 4 is 40.8 Å². The van der Waals surface area contributed by atoms with Gasteiger partial charge in [-0.3, -0.25) is 4.79 Å². The van der Waals surface area contributed by atoms with E-state index in [0.717, 1.165) is 16.9 Å². The summed E-state index contributed by atoms with van der Waals surface area (Å²) in [6, 6.07) is 7.27. The Morgan fingerprint density at radius 2 is 1.89 bits per heavy atom. The Hall–Kier alpha value is -2.44. The number of hydrogen-bond acceptors (Lipinski definition) is 4. The van der Waals surface area contributed by atoms with Gasteiger partial charge in [0.2, 0.25) is 0 Å². The molecular formula is C19H18Cl2N2O4. The van der Waals surface area contributed by atoms with Crippen LogP contribution < -0.4 is 15.0 Å². The van der Waals surface area contributed by atoms with Crippen molar-refractivity contribution in [3.05, 3.63) is 45.9 Å². The van der Waals surface area contributed by atoms with Crippen LogP contribution >= 0.6 is 23.2 Å². The molecule has 1 fully saturated rings. The number of ether oxygens (including phenoxy) is 1. The number of benzene rings is 2. The largest absolute Gasteiger partial charge is 0.508 e. The quantitative estimate of drug-likeness (QED) is 0.677. The molecule has 27 heavy (non-hydrogen) atoms. The van der Waals surface area contributed by atoms with E-state index in [0.29, 0.717) is 5.75 Å². The minimum Gasteiger partial charge on any atom is -0.508 e. The summed E-state index contributed by atoms with van der Waals surface area (Å²) in [5.74, 6) is 0.631. The Kier molecular flexibility index (Phi) is 5.48. The number of carbonyl (C=O) groups is 2. The molecule has 8 heteroatoms. The molecule has 1 unspecified atom stereocenters. The first kappa shape index (κ1) is 19.3. The molecule has 1 atom stereocenters. The summed E-state index contributed by atoms with van der Waals surface area (Å²) in [6.07, 6.45) is 0.860. The third-order valence-corrected chi connectivity index (χ3v) is 5.01. The lowest BCUT2D eigenvalue weighted by Gasteiger charge is -2.17. The number of amides is 3. The predicted molar refractivity (Wildman–Crippen MR) is 104 cm³/mol. The fourth-order valence-electron chi connectivity index (χ4n) is 2.79. The molecule has 1 aliphatic heterocycles. The van der Waals surface area contributed by atoms with E-state index in [1.54, 1.807) is 18.2 Å². The molecule has 2 aromatic carbocycles. The molecule has 3 amide bonds. The average Bonchev–Trinajstić information content (AvgIpc) is 2.97. The number of urea groups is 1. The van der Waals surface area contributed by atoms with Gasteiger partial charge in [-0.1, -0.05) is 37.0 Å². The van der Waals surface area contributed by atoms with Gasteiger partial charge in [0.25, 0.3) is 5.91 Å². The predicted octanol–water partition coefficient (Wildman–Crippen LogP) is 5.06. The van der Waals surface area contributed by atoms with E-state index in [1.807, 2.05) is 13.8 Å². The number of phenols is 1. The summed E-state index contributed by atoms with van der Waals surface area (Å²) in [5, 5.41) is 12.8. The van der Waals surface area contributed by atoms with E-state index >= 15 is 0 Å². The van der Waals surface area contributed by atoms with E-state index in [4.69, 9.17) is 27.9 Å². The molecule has 6 nitrogen and oxygen atoms in total. The van der Waals surface area contributed by atoms with Gasteiger partial charge in [-0.25, -0.2) is 9.69 Å². The van der Waals surface area contributed by atoms with Gasteiger partial charge in [0.15, 0.2) is 5.75 Å². The third kappa shape index (κ3) is 3.82. The van der Waals surface area contributed by atoms with Crippen molar-refractivity contribution in [1.29, 1.82) is 0 Å². The Bertz CT molecular complexity index is 878. The Morgan fingerprint density at radius 3 is 2.44 bits per heavy atom. The second-order valence-electron chi connectivity index (χ2n) is 6.26. The minimum absolute atomic E-state index is 0.0712. The van der Waals surface area contributed by atoms with Crippen molar-refractivity contribution in [2.75, 3.05) is 11.4 Å². The van der Waals surface area contributed by atoms with Crippen molar-refractivity contribution in [2.24, 2.45) is 0 Å². The fourth-order valence-corrected chi connectivity index (χ4v) is 3.34. The number of hydrogen-bond donors (Lipinski definition) is 2. The lowest BCUT2D eigenvalue weighted by molar-refractivity contribution is -0.115. The van der Waals surface area contributed by atoms with Gasteiger partial charge in [-0.05, 0) is 42.7 Å². The second kappa shape index (κ2) is 7.66. The van der Waals surface area contributed by atoms with Gasteiger partial charge in [-0.15, -0.1) is 0 Å². The van der Waals surface area contributed by atoms with Crippen LogP contribution in [-0.4, -0.2) is 23.6 Å². The van der Waals surface area contributed by atoms with Gasteiger partial charge in [-0.2, -0.15) is 0 Å². The zero-order valence-electron chi connectivity index (χ0n) is 14.8. The number of phenolic OH excluding ortho intramolecular Hbond substituents is 1. The summed E-state index contributed by atoms with van der Waals surface area (Å²) >= 11 is 12.6. The normalized spacial score (nSPS) is 15.0. The number of rotatable bonds is 5. The lowest BCUT2D eigenvalue weighted by Crippen LogP contribution is -2.30. The topological polar surface area (TPSA) is 78.9 Å². The molecule has 0 aromatic heterocycles. The zero-order valence-corrected chi connectivity index (χ0v) is 16.3. The molecule has 0 bridgehead atoms. The second-order valence-corrected chi connectivity index (χ2v) is 7.07. The molecule has 0 saturated carbocycles. The standard InChI is InChI=1S/C19H18Cl2N2O4/c1-3-10(2)13-8-12(4-5-16(13)24)27-18-14(20)6-11(7-15(18)21)23-17(25)9-22-19(23)26/h4-8,10,24H,3,9H2,1-2H3,(H,22,26). The van der Waals surface area contributed by atoms with Crippen molar-refractivity contribution in [1.82, 2.24) is 5.32 Å². The fraction of sp³-hybridized carbons (Fsp3) is 0.263. The molecule has 0 spiro atoms. The maximum atomic E-state index is 11.8. The maximum Gasteiger partial charge on any atom is 0.329 e. The van der Waals surface area contributed by atoms with Crippen molar-refractivity contribution in [3.63, 3.8) is 0 Å². The smallest absolute Gasteiger partial charge is 0.329 e. The number of aromatic hydroxyl groups is 1. The Balaban J connectivity index is 1.92. The Labute approximate surface area is 166 Å². The average molecular weight is 409 g/mol. The SMILES string of the molecule is CCC(C)c1cc(Oc2c(Cl)cc(N3C(=O)CNC3=O)cc2Cl)ccc1O. The monoisotopic (exact) mass is 408 g/mol. The van der Waals surface area contributed by atoms with Gasteiger partial charge < -0.3 is 15.2 Å². The zero-order chi connectivity index (χ0) is 19.7. The molecule has 1 saturated heterocycles. The molecule has 3 rings (SSSR count). The van der Waals surface area contributed by atoms with Crippen molar-refractivity contribution in [3.8, 4) is 17.2 Å². The third-order valence-electron chi connectivity index (χ3n) is 4.45. The van der Waals surface area contributed by atoms with Crippen molar-refractivity contribution in [2.45, 2.75) is 26.2 Å². The summed E-state index contributed by atoms with van der Waals surface area (Å²) in [6.45, 7) is 3.96. The number of halogens is 2. The van der Waals surface area contributed by atoms with Gasteiger partial charge >= 0.3 is 6.03 Å². The minimum atomic E-state index is -0.530. The first-order valence-electron chi connectivity index (χ1n) is 8.42. The van der Waals surface area contributed by atoms with E-state index in [2.05, 4.69) is 5.32 Å². The molecule has 0 radical (unpaired) electrons. The van der Waals surface area contributed by atoms with Crippen LogP contribution in [0.1, 0.15) is 31.7 Å². The van der Waals surface area contributed by atoms with E-state index in [-0.39, 0.29) is 39.7 Å².